The van der Waals surface area contributed by atoms with E-state index in [1.165, 1.54) is 24.3 Å². The van der Waals surface area contributed by atoms with E-state index >= 15 is 0 Å². The van der Waals surface area contributed by atoms with Crippen molar-refractivity contribution in [1.29, 1.82) is 0 Å². The molecule has 2 aliphatic heterocycles. The van der Waals surface area contributed by atoms with Gasteiger partial charge in [-0.1, -0.05) is 44.2 Å². The molecule has 0 saturated carbocycles. The number of fused-ring (bicyclic) bond motifs is 1. The third-order valence-corrected chi connectivity index (χ3v) is 9.20. The Hall–Kier alpha value is -3.49. The van der Waals surface area contributed by atoms with Crippen LogP contribution in [0.25, 0.3) is 11.1 Å². The number of anilines is 1. The molecule has 8 heteroatoms. The van der Waals surface area contributed by atoms with Crippen LogP contribution in [-0.2, 0) is 29.0 Å². The molecule has 2 aromatic carbocycles. The highest BCUT2D eigenvalue weighted by atomic mass is 19.1. The predicted molar refractivity (Wildman–Crippen MR) is 176 cm³/mol. The van der Waals surface area contributed by atoms with Gasteiger partial charge >= 0.3 is 5.97 Å². The highest BCUT2D eigenvalue weighted by Gasteiger charge is 2.36. The van der Waals surface area contributed by atoms with Gasteiger partial charge in [0.25, 0.3) is 0 Å². The van der Waals surface area contributed by atoms with Crippen LogP contribution < -0.4 is 9.64 Å². The van der Waals surface area contributed by atoms with Crippen LogP contribution in [0.15, 0.2) is 36.4 Å². The first kappa shape index (κ1) is 32.9. The summed E-state index contributed by atoms with van der Waals surface area (Å²) in [6, 6.07) is 11.7. The molecule has 1 atom stereocenters. The van der Waals surface area contributed by atoms with Crippen molar-refractivity contribution in [3.05, 3.63) is 75.9 Å². The second-order valence-electron chi connectivity index (χ2n) is 14.4. The van der Waals surface area contributed by atoms with E-state index in [9.17, 15) is 14.3 Å². The fourth-order valence-corrected chi connectivity index (χ4v) is 6.80. The molecule has 3 heterocycles. The summed E-state index contributed by atoms with van der Waals surface area (Å²) < 4.78 is 25.9. The number of rotatable bonds is 8. The van der Waals surface area contributed by atoms with Crippen LogP contribution in [0.1, 0.15) is 87.2 Å². The summed E-state index contributed by atoms with van der Waals surface area (Å²) in [6.45, 7) is 18.1. The number of aliphatic carboxylic acids is 1. The van der Waals surface area contributed by atoms with Crippen LogP contribution in [0, 0.1) is 25.1 Å². The number of para-hydroxylation sites is 1. The van der Waals surface area contributed by atoms with Crippen molar-refractivity contribution in [2.45, 2.75) is 92.5 Å². The molecule has 1 fully saturated rings. The van der Waals surface area contributed by atoms with Crippen molar-refractivity contribution < 1.29 is 23.8 Å². The quantitative estimate of drug-likeness (QED) is 0.278. The Morgan fingerprint density at radius 1 is 1.07 bits per heavy atom. The van der Waals surface area contributed by atoms with E-state index in [1.54, 1.807) is 6.07 Å². The van der Waals surface area contributed by atoms with Crippen LogP contribution in [0.5, 0.6) is 5.75 Å². The van der Waals surface area contributed by atoms with Gasteiger partial charge in [-0.15, -0.1) is 0 Å². The molecular weight excluding hydrogens is 569 g/mol. The van der Waals surface area contributed by atoms with Crippen molar-refractivity contribution in [1.82, 2.24) is 9.88 Å². The van der Waals surface area contributed by atoms with Gasteiger partial charge in [-0.2, -0.15) is 0 Å². The smallest absolute Gasteiger partial charge is 0.337 e. The lowest BCUT2D eigenvalue weighted by atomic mass is 9.81. The van der Waals surface area contributed by atoms with Gasteiger partial charge < -0.3 is 19.5 Å². The van der Waals surface area contributed by atoms with Gasteiger partial charge in [-0.3, -0.25) is 9.88 Å². The summed E-state index contributed by atoms with van der Waals surface area (Å²) in [5.74, 6) is -1.05. The van der Waals surface area contributed by atoms with Crippen LogP contribution in [0.2, 0.25) is 0 Å². The molecular formula is C37H48FN3O4. The van der Waals surface area contributed by atoms with Crippen molar-refractivity contribution in [2.24, 2.45) is 5.41 Å². The first-order valence-corrected chi connectivity index (χ1v) is 16.0. The normalized spacial score (nSPS) is 17.6. The number of nitrogens with zero attached hydrogens (tertiary/aromatic N) is 3. The second kappa shape index (κ2) is 12.7. The molecule has 7 nitrogen and oxygen atoms in total. The third kappa shape index (κ3) is 7.17. The van der Waals surface area contributed by atoms with Crippen LogP contribution in [-0.4, -0.2) is 53.3 Å². The summed E-state index contributed by atoms with van der Waals surface area (Å²) in [7, 11) is 1.51. The first-order chi connectivity index (χ1) is 21.2. The molecule has 1 aromatic heterocycles. The number of pyridine rings is 1. The number of methoxy groups -OCH3 is 1. The van der Waals surface area contributed by atoms with Gasteiger partial charge in [-0.05, 0) is 82.1 Å². The molecule has 0 amide bonds. The molecule has 5 rings (SSSR count). The molecule has 0 aliphatic carbocycles. The summed E-state index contributed by atoms with van der Waals surface area (Å²) in [5, 5.41) is 10.5. The Morgan fingerprint density at radius 3 is 2.42 bits per heavy atom. The average molecular weight is 618 g/mol. The summed E-state index contributed by atoms with van der Waals surface area (Å²) in [5.41, 5.74) is 8.08. The first-order valence-electron chi connectivity index (χ1n) is 16.0. The van der Waals surface area contributed by atoms with Gasteiger partial charge in [0.1, 0.15) is 0 Å². The van der Waals surface area contributed by atoms with E-state index in [0.717, 1.165) is 73.5 Å². The van der Waals surface area contributed by atoms with E-state index in [-0.39, 0.29) is 11.2 Å². The number of carboxylic acid groups (broad SMARTS) is 1. The maximum atomic E-state index is 14.3. The fraction of sp³-hybridized carbons (Fsp3) is 0.514. The summed E-state index contributed by atoms with van der Waals surface area (Å²) in [4.78, 5) is 22.4. The molecule has 0 radical (unpaired) electrons. The number of carboxylic acids is 1. The highest BCUT2D eigenvalue weighted by Crippen LogP contribution is 2.45. The molecule has 2 aliphatic rings. The monoisotopic (exact) mass is 617 g/mol. The number of carbonyl (C=O) groups is 1. The highest BCUT2D eigenvalue weighted by molar-refractivity contribution is 5.88. The van der Waals surface area contributed by atoms with Gasteiger partial charge in [0.05, 0.1) is 18.4 Å². The Balaban J connectivity index is 1.56. The maximum Gasteiger partial charge on any atom is 0.337 e. The molecule has 3 aromatic rings. The largest absolute Gasteiger partial charge is 0.493 e. The Morgan fingerprint density at radius 2 is 1.78 bits per heavy atom. The van der Waals surface area contributed by atoms with Crippen LogP contribution in [0.4, 0.5) is 10.1 Å². The lowest BCUT2D eigenvalue weighted by Crippen LogP contribution is -2.39. The number of ether oxygens (including phenoxy) is 2. The number of hydrogen-bond acceptors (Lipinski definition) is 6. The van der Waals surface area contributed by atoms with Gasteiger partial charge in [0.15, 0.2) is 17.7 Å². The Kier molecular flexibility index (Phi) is 9.30. The molecule has 0 spiro atoms. The third-order valence-electron chi connectivity index (χ3n) is 9.20. The molecule has 1 saturated heterocycles. The molecule has 0 bridgehead atoms. The van der Waals surface area contributed by atoms with E-state index in [2.05, 4.69) is 41.8 Å². The number of halogens is 1. The zero-order valence-corrected chi connectivity index (χ0v) is 28.1. The Labute approximate surface area is 267 Å². The number of aryl methyl sites for hydroxylation is 2. The van der Waals surface area contributed by atoms with Gasteiger partial charge in [-0.25, -0.2) is 9.18 Å². The molecule has 1 N–H and O–H groups in total. The van der Waals surface area contributed by atoms with E-state index < -0.39 is 17.7 Å². The number of aromatic nitrogens is 1. The maximum absolute atomic E-state index is 14.3. The SMILES string of the molecule is COc1c(F)cccc1CN1CCc2cc(-c3c(C)nc(C)c([C@H](OC(C)(C)C)C(=O)O)c3N3CCC(C)(C)CC3)ccc2C1. The average Bonchev–Trinajstić information content (AvgIpc) is 2.95. The van der Waals surface area contributed by atoms with Crippen molar-refractivity contribution in [3.8, 4) is 16.9 Å². The summed E-state index contributed by atoms with van der Waals surface area (Å²) in [6.07, 6.45) is 1.73. The van der Waals surface area contributed by atoms with Crippen molar-refractivity contribution in [2.75, 3.05) is 31.6 Å². The number of benzene rings is 2. The molecule has 45 heavy (non-hydrogen) atoms. The van der Waals surface area contributed by atoms with E-state index in [4.69, 9.17) is 14.5 Å². The summed E-state index contributed by atoms with van der Waals surface area (Å²) >= 11 is 0. The standard InChI is InChI=1S/C37H48FN3O4/c1-23-30(26-12-13-27-21-40(17-14-25(27)20-26)22-28-10-9-11-29(38)33(28)44-8)32(41-18-15-37(6,7)16-19-41)31(24(2)39-23)34(35(42)43)45-36(3,4)5/h9-13,20,34H,14-19,21-22H2,1-8H3,(H,42,43)/t34-/m0/s1. The second-order valence-corrected chi connectivity index (χ2v) is 14.4. The van der Waals surface area contributed by atoms with Crippen LogP contribution in [0.3, 0.4) is 0 Å². The number of piperidine rings is 1. The van der Waals surface area contributed by atoms with Gasteiger partial charge in [0.2, 0.25) is 0 Å². The number of hydrogen-bond donors (Lipinski definition) is 1. The van der Waals surface area contributed by atoms with E-state index in [0.29, 0.717) is 23.6 Å². The zero-order chi connectivity index (χ0) is 32.7. The van der Waals surface area contributed by atoms with Crippen molar-refractivity contribution >= 4 is 11.7 Å². The minimum Gasteiger partial charge on any atom is -0.493 e. The van der Waals surface area contributed by atoms with Crippen molar-refractivity contribution in [3.63, 3.8) is 0 Å². The minimum absolute atomic E-state index is 0.231. The molecule has 242 valence electrons. The topological polar surface area (TPSA) is 75.1 Å². The lowest BCUT2D eigenvalue weighted by molar-refractivity contribution is -0.160. The van der Waals surface area contributed by atoms with E-state index in [1.807, 2.05) is 40.7 Å². The molecule has 0 unspecified atom stereocenters. The predicted octanol–water partition coefficient (Wildman–Crippen LogP) is 7.64. The van der Waals surface area contributed by atoms with Crippen LogP contribution >= 0.6 is 0 Å². The van der Waals surface area contributed by atoms with Gasteiger partial charge in [0, 0.05) is 60.8 Å². The zero-order valence-electron chi connectivity index (χ0n) is 28.1. The lowest BCUT2D eigenvalue weighted by Gasteiger charge is -2.41. The minimum atomic E-state index is -1.15. The Bertz CT molecular complexity index is 1570. The fourth-order valence-electron chi connectivity index (χ4n) is 6.80.